The van der Waals surface area contributed by atoms with Crippen LogP contribution in [-0.2, 0) is 13.1 Å². The first-order chi connectivity index (χ1) is 9.72. The van der Waals surface area contributed by atoms with E-state index in [1.807, 2.05) is 12.1 Å². The summed E-state index contributed by atoms with van der Waals surface area (Å²) in [5.41, 5.74) is 1.09. The molecule has 0 unspecified atom stereocenters. The molecule has 106 valence electrons. The second-order valence-electron chi connectivity index (χ2n) is 4.41. The van der Waals surface area contributed by atoms with Crippen LogP contribution in [0.15, 0.2) is 28.1 Å². The molecule has 1 aliphatic rings. The SMILES string of the molecule is Clc1cc(CNCc2ccc(Br)s2)cc2c1OCCO2. The largest absolute Gasteiger partial charge is 0.486 e. The first-order valence-electron chi connectivity index (χ1n) is 6.25. The molecule has 0 atom stereocenters. The van der Waals surface area contributed by atoms with Crippen molar-refractivity contribution < 1.29 is 9.47 Å². The lowest BCUT2D eigenvalue weighted by molar-refractivity contribution is 0.171. The molecule has 0 spiro atoms. The third kappa shape index (κ3) is 3.28. The average Bonchev–Trinajstić information content (AvgIpc) is 2.85. The van der Waals surface area contributed by atoms with Crippen molar-refractivity contribution in [2.45, 2.75) is 13.1 Å². The van der Waals surface area contributed by atoms with Crippen LogP contribution in [0.4, 0.5) is 0 Å². The van der Waals surface area contributed by atoms with Crippen molar-refractivity contribution in [3.8, 4) is 11.5 Å². The highest BCUT2D eigenvalue weighted by molar-refractivity contribution is 9.11. The second-order valence-corrected chi connectivity index (χ2v) is 7.37. The van der Waals surface area contributed by atoms with E-state index in [-0.39, 0.29) is 0 Å². The van der Waals surface area contributed by atoms with Crippen LogP contribution in [0.2, 0.25) is 5.02 Å². The summed E-state index contributed by atoms with van der Waals surface area (Å²) >= 11 is 11.4. The molecule has 1 N–H and O–H groups in total. The molecule has 1 aliphatic heterocycles. The number of rotatable bonds is 4. The number of ether oxygens (including phenoxy) is 2. The Morgan fingerprint density at radius 1 is 1.20 bits per heavy atom. The summed E-state index contributed by atoms with van der Waals surface area (Å²) in [6.45, 7) is 2.70. The molecule has 0 bridgehead atoms. The van der Waals surface area contributed by atoms with E-state index in [9.17, 15) is 0 Å². The molecule has 1 aromatic carbocycles. The predicted molar refractivity (Wildman–Crippen MR) is 85.0 cm³/mol. The highest BCUT2D eigenvalue weighted by Gasteiger charge is 2.16. The maximum Gasteiger partial charge on any atom is 0.179 e. The zero-order valence-electron chi connectivity index (χ0n) is 10.6. The van der Waals surface area contributed by atoms with Gasteiger partial charge in [-0.2, -0.15) is 0 Å². The van der Waals surface area contributed by atoms with Gasteiger partial charge in [-0.05, 0) is 45.8 Å². The van der Waals surface area contributed by atoms with Gasteiger partial charge < -0.3 is 14.8 Å². The maximum atomic E-state index is 6.21. The van der Waals surface area contributed by atoms with Gasteiger partial charge in [0.05, 0.1) is 8.81 Å². The Morgan fingerprint density at radius 2 is 2.05 bits per heavy atom. The topological polar surface area (TPSA) is 30.5 Å². The highest BCUT2D eigenvalue weighted by Crippen LogP contribution is 2.38. The monoisotopic (exact) mass is 373 g/mol. The average molecular weight is 375 g/mol. The van der Waals surface area contributed by atoms with Crippen molar-refractivity contribution in [1.82, 2.24) is 5.32 Å². The van der Waals surface area contributed by atoms with E-state index in [1.165, 1.54) is 4.88 Å². The number of hydrogen-bond acceptors (Lipinski definition) is 4. The molecule has 2 aromatic rings. The molecule has 0 saturated heterocycles. The van der Waals surface area contributed by atoms with Crippen LogP contribution >= 0.6 is 38.9 Å². The van der Waals surface area contributed by atoms with Crippen LogP contribution in [0, 0.1) is 0 Å². The van der Waals surface area contributed by atoms with Crippen LogP contribution < -0.4 is 14.8 Å². The van der Waals surface area contributed by atoms with Gasteiger partial charge >= 0.3 is 0 Å². The molecular weight excluding hydrogens is 362 g/mol. The van der Waals surface area contributed by atoms with Crippen molar-refractivity contribution >= 4 is 38.9 Å². The summed E-state index contributed by atoms with van der Waals surface area (Å²) in [5, 5.41) is 4.01. The van der Waals surface area contributed by atoms with Crippen LogP contribution in [0.5, 0.6) is 11.5 Å². The van der Waals surface area contributed by atoms with E-state index in [0.29, 0.717) is 24.0 Å². The smallest absolute Gasteiger partial charge is 0.179 e. The summed E-state index contributed by atoms with van der Waals surface area (Å²) in [6.07, 6.45) is 0. The van der Waals surface area contributed by atoms with Gasteiger partial charge in [0.1, 0.15) is 13.2 Å². The van der Waals surface area contributed by atoms with Gasteiger partial charge in [-0.1, -0.05) is 11.6 Å². The number of thiophene rings is 1. The van der Waals surface area contributed by atoms with E-state index in [0.717, 1.165) is 28.2 Å². The van der Waals surface area contributed by atoms with Crippen molar-refractivity contribution in [2.24, 2.45) is 0 Å². The lowest BCUT2D eigenvalue weighted by atomic mass is 10.2. The van der Waals surface area contributed by atoms with Gasteiger partial charge in [0.2, 0.25) is 0 Å². The molecule has 0 fully saturated rings. The van der Waals surface area contributed by atoms with Gasteiger partial charge in [-0.25, -0.2) is 0 Å². The normalized spacial score (nSPS) is 13.5. The lowest BCUT2D eigenvalue weighted by Crippen LogP contribution is -2.17. The Labute approximate surface area is 135 Å². The van der Waals surface area contributed by atoms with E-state index < -0.39 is 0 Å². The van der Waals surface area contributed by atoms with E-state index in [1.54, 1.807) is 11.3 Å². The number of benzene rings is 1. The number of nitrogens with one attached hydrogen (secondary N) is 1. The third-order valence-corrected chi connectivity index (χ3v) is 4.82. The Balaban J connectivity index is 1.64. The van der Waals surface area contributed by atoms with Crippen LogP contribution in [0.3, 0.4) is 0 Å². The Hall–Kier alpha value is -0.750. The van der Waals surface area contributed by atoms with E-state index in [4.69, 9.17) is 21.1 Å². The fraction of sp³-hybridized carbons (Fsp3) is 0.286. The molecule has 2 heterocycles. The minimum atomic E-state index is 0.553. The molecule has 0 saturated carbocycles. The third-order valence-electron chi connectivity index (χ3n) is 2.91. The minimum Gasteiger partial charge on any atom is -0.486 e. The summed E-state index contributed by atoms with van der Waals surface area (Å²) < 4.78 is 12.2. The van der Waals surface area contributed by atoms with E-state index in [2.05, 4.69) is 33.4 Å². The van der Waals surface area contributed by atoms with Gasteiger partial charge in [0.25, 0.3) is 0 Å². The summed E-state index contributed by atoms with van der Waals surface area (Å²) in [5.74, 6) is 1.39. The van der Waals surface area contributed by atoms with Crippen molar-refractivity contribution in [2.75, 3.05) is 13.2 Å². The minimum absolute atomic E-state index is 0.553. The molecule has 0 radical (unpaired) electrons. The van der Waals surface area contributed by atoms with Crippen molar-refractivity contribution in [3.63, 3.8) is 0 Å². The Morgan fingerprint density at radius 3 is 2.85 bits per heavy atom. The van der Waals surface area contributed by atoms with Crippen molar-refractivity contribution in [3.05, 3.63) is 43.5 Å². The highest BCUT2D eigenvalue weighted by atomic mass is 79.9. The number of fused-ring (bicyclic) bond motifs is 1. The molecule has 20 heavy (non-hydrogen) atoms. The predicted octanol–water partition coefficient (Wildman–Crippen LogP) is 4.23. The molecule has 0 amide bonds. The molecule has 1 aromatic heterocycles. The maximum absolute atomic E-state index is 6.21. The van der Waals surface area contributed by atoms with Gasteiger partial charge in [0.15, 0.2) is 11.5 Å². The molecule has 6 heteroatoms. The Bertz CT molecular complexity index is 617. The number of halogens is 2. The van der Waals surface area contributed by atoms with Crippen molar-refractivity contribution in [1.29, 1.82) is 0 Å². The first-order valence-corrected chi connectivity index (χ1v) is 8.24. The van der Waals surface area contributed by atoms with Crippen LogP contribution in [-0.4, -0.2) is 13.2 Å². The quantitative estimate of drug-likeness (QED) is 0.869. The summed E-state index contributed by atoms with van der Waals surface area (Å²) in [4.78, 5) is 1.29. The molecule has 0 aliphatic carbocycles. The lowest BCUT2D eigenvalue weighted by Gasteiger charge is -2.20. The first kappa shape index (κ1) is 14.2. The van der Waals surface area contributed by atoms with Gasteiger partial charge in [0, 0.05) is 18.0 Å². The van der Waals surface area contributed by atoms with Crippen LogP contribution in [0.1, 0.15) is 10.4 Å². The molecule has 3 nitrogen and oxygen atoms in total. The van der Waals surface area contributed by atoms with Gasteiger partial charge in [-0.15, -0.1) is 11.3 Å². The van der Waals surface area contributed by atoms with E-state index >= 15 is 0 Å². The Kier molecular flexibility index (Phi) is 4.51. The zero-order chi connectivity index (χ0) is 13.9. The summed E-state index contributed by atoms with van der Waals surface area (Å²) in [6, 6.07) is 8.07. The number of hydrogen-bond donors (Lipinski definition) is 1. The standard InChI is InChI=1S/C14H13BrClNO2S/c15-13-2-1-10(20-13)8-17-7-9-5-11(16)14-12(6-9)18-3-4-19-14/h1-2,5-6,17H,3-4,7-8H2. The fourth-order valence-electron chi connectivity index (χ4n) is 2.04. The van der Waals surface area contributed by atoms with Gasteiger partial charge in [-0.3, -0.25) is 0 Å². The molecule has 3 rings (SSSR count). The summed E-state index contributed by atoms with van der Waals surface area (Å²) in [7, 11) is 0. The van der Waals surface area contributed by atoms with Crippen LogP contribution in [0.25, 0.3) is 0 Å². The fourth-order valence-corrected chi connectivity index (χ4v) is 3.78. The molecular formula is C14H13BrClNO2S. The second kappa shape index (κ2) is 6.35. The zero-order valence-corrected chi connectivity index (χ0v) is 13.8.